The Hall–Kier alpha value is -2.08. The van der Waals surface area contributed by atoms with Gasteiger partial charge in [0.1, 0.15) is 23.3 Å². The first-order valence-corrected chi connectivity index (χ1v) is 7.24. The first-order valence-electron chi connectivity index (χ1n) is 6.44. The first kappa shape index (κ1) is 14.8. The molecule has 0 fully saturated rings. The SMILES string of the molecule is Fc1cc(F)cc(-c2nccn2Cc2ccc(F)c(Br)c2)c1. The van der Waals surface area contributed by atoms with E-state index in [-0.39, 0.29) is 5.82 Å². The molecule has 0 bridgehead atoms. The van der Waals surface area contributed by atoms with Gasteiger partial charge in [0.05, 0.1) is 4.47 Å². The molecule has 0 N–H and O–H groups in total. The van der Waals surface area contributed by atoms with Gasteiger partial charge in [0.25, 0.3) is 0 Å². The Labute approximate surface area is 133 Å². The van der Waals surface area contributed by atoms with E-state index in [1.54, 1.807) is 29.1 Å². The summed E-state index contributed by atoms with van der Waals surface area (Å²) in [5, 5.41) is 0. The van der Waals surface area contributed by atoms with Crippen LogP contribution in [0.4, 0.5) is 13.2 Å². The van der Waals surface area contributed by atoms with Crippen LogP contribution in [0.15, 0.2) is 53.3 Å². The molecule has 2 nitrogen and oxygen atoms in total. The summed E-state index contributed by atoms with van der Waals surface area (Å²) in [6.07, 6.45) is 3.26. The van der Waals surface area contributed by atoms with Gasteiger partial charge < -0.3 is 4.57 Å². The molecule has 6 heteroatoms. The molecule has 112 valence electrons. The molecule has 0 atom stereocenters. The highest BCUT2D eigenvalue weighted by Crippen LogP contribution is 2.22. The quantitative estimate of drug-likeness (QED) is 0.652. The number of aromatic nitrogens is 2. The van der Waals surface area contributed by atoms with Gasteiger partial charge in [-0.15, -0.1) is 0 Å². The number of hydrogen-bond acceptors (Lipinski definition) is 1. The average molecular weight is 367 g/mol. The zero-order valence-corrected chi connectivity index (χ0v) is 12.8. The van der Waals surface area contributed by atoms with E-state index in [1.165, 1.54) is 18.2 Å². The molecule has 2 aromatic carbocycles. The van der Waals surface area contributed by atoms with Gasteiger partial charge in [-0.2, -0.15) is 0 Å². The minimum atomic E-state index is -0.658. The van der Waals surface area contributed by atoms with E-state index in [4.69, 9.17) is 0 Å². The maximum Gasteiger partial charge on any atom is 0.140 e. The lowest BCUT2D eigenvalue weighted by atomic mass is 10.2. The van der Waals surface area contributed by atoms with Crippen molar-refractivity contribution in [2.45, 2.75) is 6.54 Å². The van der Waals surface area contributed by atoms with Gasteiger partial charge in [-0.3, -0.25) is 0 Å². The monoisotopic (exact) mass is 366 g/mol. The van der Waals surface area contributed by atoms with Crippen LogP contribution < -0.4 is 0 Å². The summed E-state index contributed by atoms with van der Waals surface area (Å²) in [5.41, 5.74) is 1.19. The highest BCUT2D eigenvalue weighted by Gasteiger charge is 2.10. The summed E-state index contributed by atoms with van der Waals surface area (Å²) in [7, 11) is 0. The minimum absolute atomic E-state index is 0.346. The van der Waals surface area contributed by atoms with Crippen LogP contribution in [0.1, 0.15) is 5.56 Å². The van der Waals surface area contributed by atoms with Gasteiger partial charge >= 0.3 is 0 Å². The fourth-order valence-electron chi connectivity index (χ4n) is 2.21. The Bertz CT molecular complexity index is 810. The molecule has 0 amide bonds. The summed E-state index contributed by atoms with van der Waals surface area (Å²) in [6.45, 7) is 0.409. The van der Waals surface area contributed by atoms with Gasteiger partial charge in [-0.1, -0.05) is 6.07 Å². The normalized spacial score (nSPS) is 10.9. The molecule has 0 saturated heterocycles. The number of halogens is 4. The van der Waals surface area contributed by atoms with Gasteiger partial charge in [-0.05, 0) is 45.8 Å². The zero-order chi connectivity index (χ0) is 15.7. The van der Waals surface area contributed by atoms with E-state index >= 15 is 0 Å². The Kier molecular flexibility index (Phi) is 4.02. The largest absolute Gasteiger partial charge is 0.327 e. The summed E-state index contributed by atoms with van der Waals surface area (Å²) in [4.78, 5) is 4.15. The number of benzene rings is 2. The fraction of sp³-hybridized carbons (Fsp3) is 0.0625. The van der Waals surface area contributed by atoms with Crippen LogP contribution in [0.25, 0.3) is 11.4 Å². The summed E-state index contributed by atoms with van der Waals surface area (Å²) in [5.74, 6) is -1.22. The molecule has 0 aliphatic rings. The third-order valence-corrected chi connectivity index (χ3v) is 3.78. The number of imidazole rings is 1. The van der Waals surface area contributed by atoms with E-state index in [9.17, 15) is 13.2 Å². The summed E-state index contributed by atoms with van der Waals surface area (Å²) >= 11 is 3.13. The van der Waals surface area contributed by atoms with Gasteiger partial charge in [0.2, 0.25) is 0 Å². The van der Waals surface area contributed by atoms with Crippen molar-refractivity contribution in [3.63, 3.8) is 0 Å². The summed E-state index contributed by atoms with van der Waals surface area (Å²) < 4.78 is 42.1. The van der Waals surface area contributed by atoms with Crippen molar-refractivity contribution in [1.82, 2.24) is 9.55 Å². The van der Waals surface area contributed by atoms with E-state index in [0.29, 0.717) is 22.4 Å². The molecule has 0 unspecified atom stereocenters. The molecular weight excluding hydrogens is 357 g/mol. The second kappa shape index (κ2) is 5.96. The van der Waals surface area contributed by atoms with Crippen molar-refractivity contribution in [3.05, 3.63) is 76.3 Å². The lowest BCUT2D eigenvalue weighted by molar-refractivity contribution is 0.583. The Balaban J connectivity index is 1.96. The molecule has 0 aliphatic heterocycles. The van der Waals surface area contributed by atoms with Crippen molar-refractivity contribution in [2.75, 3.05) is 0 Å². The molecule has 1 heterocycles. The van der Waals surface area contributed by atoms with Crippen LogP contribution in [0.2, 0.25) is 0 Å². The third kappa shape index (κ3) is 3.06. The minimum Gasteiger partial charge on any atom is -0.327 e. The van der Waals surface area contributed by atoms with E-state index in [0.717, 1.165) is 11.6 Å². The lowest BCUT2D eigenvalue weighted by Crippen LogP contribution is -2.02. The fourth-order valence-corrected chi connectivity index (χ4v) is 2.64. The highest BCUT2D eigenvalue weighted by atomic mass is 79.9. The van der Waals surface area contributed by atoms with Crippen molar-refractivity contribution in [2.24, 2.45) is 0 Å². The van der Waals surface area contributed by atoms with Gasteiger partial charge in [-0.25, -0.2) is 18.2 Å². The highest BCUT2D eigenvalue weighted by molar-refractivity contribution is 9.10. The zero-order valence-electron chi connectivity index (χ0n) is 11.2. The maximum absolute atomic E-state index is 13.4. The van der Waals surface area contributed by atoms with Crippen LogP contribution in [0.5, 0.6) is 0 Å². The van der Waals surface area contributed by atoms with Crippen molar-refractivity contribution >= 4 is 15.9 Å². The molecule has 1 aromatic heterocycles. The average Bonchev–Trinajstić information content (AvgIpc) is 2.90. The molecule has 0 spiro atoms. The molecule has 0 saturated carbocycles. The van der Waals surface area contributed by atoms with Crippen LogP contribution in [0.3, 0.4) is 0 Å². The van der Waals surface area contributed by atoms with Crippen LogP contribution >= 0.6 is 15.9 Å². The van der Waals surface area contributed by atoms with Crippen LogP contribution in [0, 0.1) is 17.5 Å². The third-order valence-electron chi connectivity index (χ3n) is 3.17. The Morgan fingerprint density at radius 3 is 2.41 bits per heavy atom. The molecule has 22 heavy (non-hydrogen) atoms. The lowest BCUT2D eigenvalue weighted by Gasteiger charge is -2.09. The molecule has 0 aliphatic carbocycles. The smallest absolute Gasteiger partial charge is 0.140 e. The van der Waals surface area contributed by atoms with Crippen molar-refractivity contribution in [1.29, 1.82) is 0 Å². The van der Waals surface area contributed by atoms with E-state index in [2.05, 4.69) is 20.9 Å². The summed E-state index contributed by atoms with van der Waals surface area (Å²) in [6, 6.07) is 7.93. The first-order chi connectivity index (χ1) is 10.5. The number of nitrogens with zero attached hydrogens (tertiary/aromatic N) is 2. The van der Waals surface area contributed by atoms with Crippen molar-refractivity contribution < 1.29 is 13.2 Å². The van der Waals surface area contributed by atoms with E-state index < -0.39 is 11.6 Å². The Morgan fingerprint density at radius 1 is 1.00 bits per heavy atom. The predicted molar refractivity (Wildman–Crippen MR) is 80.8 cm³/mol. The van der Waals surface area contributed by atoms with E-state index in [1.807, 2.05) is 0 Å². The molecular formula is C16H10BrF3N2. The maximum atomic E-state index is 13.4. The second-order valence-electron chi connectivity index (χ2n) is 4.79. The molecule has 3 aromatic rings. The van der Waals surface area contributed by atoms with Crippen LogP contribution in [-0.2, 0) is 6.54 Å². The van der Waals surface area contributed by atoms with Gasteiger partial charge in [0, 0.05) is 30.6 Å². The number of rotatable bonds is 3. The second-order valence-corrected chi connectivity index (χ2v) is 5.64. The molecule has 0 radical (unpaired) electrons. The Morgan fingerprint density at radius 2 is 1.73 bits per heavy atom. The van der Waals surface area contributed by atoms with Crippen molar-refractivity contribution in [3.8, 4) is 11.4 Å². The van der Waals surface area contributed by atoms with Gasteiger partial charge in [0.15, 0.2) is 0 Å². The van der Waals surface area contributed by atoms with Crippen LogP contribution in [-0.4, -0.2) is 9.55 Å². The number of hydrogen-bond donors (Lipinski definition) is 0. The standard InChI is InChI=1S/C16H10BrF3N2/c17-14-5-10(1-2-15(14)20)9-22-4-3-21-16(22)11-6-12(18)8-13(19)7-11/h1-8H,9H2. The topological polar surface area (TPSA) is 17.8 Å². The predicted octanol–water partition coefficient (Wildman–Crippen LogP) is 4.78. The molecule has 3 rings (SSSR count).